The van der Waals surface area contributed by atoms with Crippen molar-refractivity contribution < 1.29 is 0 Å². The van der Waals surface area contributed by atoms with Crippen LogP contribution in [0.5, 0.6) is 0 Å². The quantitative estimate of drug-likeness (QED) is 0.803. The van der Waals surface area contributed by atoms with Gasteiger partial charge in [-0.25, -0.2) is 0 Å². The van der Waals surface area contributed by atoms with Crippen LogP contribution in [-0.4, -0.2) is 4.98 Å². The first kappa shape index (κ1) is 11.4. The number of anilines is 1. The summed E-state index contributed by atoms with van der Waals surface area (Å²) in [5, 5.41) is 0. The fourth-order valence-corrected chi connectivity index (χ4v) is 2.76. The summed E-state index contributed by atoms with van der Waals surface area (Å²) < 4.78 is 0. The number of aromatic nitrogens is 1. The minimum atomic E-state index is 0.0523. The average Bonchev–Trinajstić information content (AvgIpc) is 2.29. The molecule has 16 heavy (non-hydrogen) atoms. The molecule has 1 saturated carbocycles. The molecule has 3 heteroatoms. The Morgan fingerprint density at radius 2 is 2.25 bits per heavy atom. The number of rotatable bonds is 2. The SMILES string of the molecule is CC1CCCC(C(N)c2cnccc2N)C1. The number of hydrogen-bond acceptors (Lipinski definition) is 3. The first-order valence-corrected chi connectivity index (χ1v) is 6.13. The van der Waals surface area contributed by atoms with Gasteiger partial charge < -0.3 is 11.5 Å². The lowest BCUT2D eigenvalue weighted by atomic mass is 9.77. The monoisotopic (exact) mass is 219 g/mol. The zero-order valence-electron chi connectivity index (χ0n) is 9.89. The van der Waals surface area contributed by atoms with Crippen molar-refractivity contribution >= 4 is 5.69 Å². The molecule has 0 aliphatic heterocycles. The lowest BCUT2D eigenvalue weighted by Gasteiger charge is -2.31. The highest BCUT2D eigenvalue weighted by atomic mass is 14.7. The highest BCUT2D eigenvalue weighted by molar-refractivity contribution is 5.46. The largest absolute Gasteiger partial charge is 0.398 e. The van der Waals surface area contributed by atoms with Crippen LogP contribution in [0.4, 0.5) is 5.69 Å². The Bertz CT molecular complexity index is 351. The van der Waals surface area contributed by atoms with Crippen LogP contribution in [0.1, 0.15) is 44.2 Å². The maximum Gasteiger partial charge on any atom is 0.0393 e. The van der Waals surface area contributed by atoms with Gasteiger partial charge in [-0.15, -0.1) is 0 Å². The van der Waals surface area contributed by atoms with Crippen molar-refractivity contribution in [1.29, 1.82) is 0 Å². The molecule has 4 N–H and O–H groups in total. The zero-order chi connectivity index (χ0) is 11.5. The van der Waals surface area contributed by atoms with E-state index in [1.165, 1.54) is 25.7 Å². The third-order valence-corrected chi connectivity index (χ3v) is 3.73. The van der Waals surface area contributed by atoms with E-state index in [9.17, 15) is 0 Å². The van der Waals surface area contributed by atoms with Gasteiger partial charge >= 0.3 is 0 Å². The minimum absolute atomic E-state index is 0.0523. The van der Waals surface area contributed by atoms with E-state index in [1.54, 1.807) is 6.20 Å². The van der Waals surface area contributed by atoms with E-state index in [1.807, 2.05) is 12.3 Å². The Kier molecular flexibility index (Phi) is 3.44. The van der Waals surface area contributed by atoms with Gasteiger partial charge in [0.25, 0.3) is 0 Å². The molecular formula is C13H21N3. The molecule has 1 fully saturated rings. The maximum absolute atomic E-state index is 6.31. The molecule has 0 amide bonds. The molecule has 1 heterocycles. The third-order valence-electron chi connectivity index (χ3n) is 3.73. The summed E-state index contributed by atoms with van der Waals surface area (Å²) in [4.78, 5) is 4.12. The standard InChI is InChI=1S/C13H21N3/c1-9-3-2-4-10(7-9)13(15)11-8-16-6-5-12(11)14/h5-6,8-10,13H,2-4,7,15H2,1H3,(H2,14,16). The van der Waals surface area contributed by atoms with Gasteiger partial charge in [0.2, 0.25) is 0 Å². The number of hydrogen-bond donors (Lipinski definition) is 2. The van der Waals surface area contributed by atoms with Crippen LogP contribution in [-0.2, 0) is 0 Å². The van der Waals surface area contributed by atoms with Gasteiger partial charge in [0, 0.05) is 29.7 Å². The second-order valence-electron chi connectivity index (χ2n) is 5.06. The van der Waals surface area contributed by atoms with Crippen molar-refractivity contribution in [1.82, 2.24) is 4.98 Å². The highest BCUT2D eigenvalue weighted by Crippen LogP contribution is 2.36. The van der Waals surface area contributed by atoms with Gasteiger partial charge in [-0.2, -0.15) is 0 Å². The smallest absolute Gasteiger partial charge is 0.0393 e. The lowest BCUT2D eigenvalue weighted by Crippen LogP contribution is -2.27. The normalized spacial score (nSPS) is 27.6. The fraction of sp³-hybridized carbons (Fsp3) is 0.615. The second-order valence-corrected chi connectivity index (χ2v) is 5.06. The first-order valence-electron chi connectivity index (χ1n) is 6.13. The van der Waals surface area contributed by atoms with Gasteiger partial charge in [-0.1, -0.05) is 19.8 Å². The van der Waals surface area contributed by atoms with Gasteiger partial charge in [-0.3, -0.25) is 4.98 Å². The van der Waals surface area contributed by atoms with Crippen molar-refractivity contribution in [2.24, 2.45) is 17.6 Å². The van der Waals surface area contributed by atoms with Crippen molar-refractivity contribution in [2.45, 2.75) is 38.6 Å². The van der Waals surface area contributed by atoms with Crippen LogP contribution in [0.25, 0.3) is 0 Å². The van der Waals surface area contributed by atoms with Crippen LogP contribution < -0.4 is 11.5 Å². The van der Waals surface area contributed by atoms with E-state index in [4.69, 9.17) is 11.5 Å². The van der Waals surface area contributed by atoms with Crippen molar-refractivity contribution in [2.75, 3.05) is 5.73 Å². The van der Waals surface area contributed by atoms with Crippen molar-refractivity contribution in [3.8, 4) is 0 Å². The molecule has 1 aliphatic carbocycles. The molecule has 0 bridgehead atoms. The summed E-state index contributed by atoms with van der Waals surface area (Å²) in [5.41, 5.74) is 14.0. The highest BCUT2D eigenvalue weighted by Gasteiger charge is 2.26. The Morgan fingerprint density at radius 3 is 2.94 bits per heavy atom. The summed E-state index contributed by atoms with van der Waals surface area (Å²) in [5.74, 6) is 1.36. The average molecular weight is 219 g/mol. The van der Waals surface area contributed by atoms with Gasteiger partial charge in [0.05, 0.1) is 0 Å². The molecule has 1 aromatic rings. The number of pyridine rings is 1. The van der Waals surface area contributed by atoms with Crippen molar-refractivity contribution in [3.05, 3.63) is 24.0 Å². The molecule has 3 unspecified atom stereocenters. The molecule has 88 valence electrons. The predicted molar refractivity (Wildman–Crippen MR) is 66.7 cm³/mol. The molecule has 0 radical (unpaired) electrons. The Morgan fingerprint density at radius 1 is 1.44 bits per heavy atom. The van der Waals surface area contributed by atoms with Gasteiger partial charge in [0.1, 0.15) is 0 Å². The molecule has 0 saturated heterocycles. The molecule has 3 nitrogen and oxygen atoms in total. The lowest BCUT2D eigenvalue weighted by molar-refractivity contribution is 0.248. The van der Waals surface area contributed by atoms with Crippen LogP contribution >= 0.6 is 0 Å². The Labute approximate surface area is 97.2 Å². The molecule has 3 atom stereocenters. The minimum Gasteiger partial charge on any atom is -0.398 e. The zero-order valence-corrected chi connectivity index (χ0v) is 9.89. The molecule has 2 rings (SSSR count). The van der Waals surface area contributed by atoms with E-state index in [0.29, 0.717) is 5.92 Å². The Hall–Kier alpha value is -1.09. The molecule has 0 aromatic carbocycles. The van der Waals surface area contributed by atoms with E-state index < -0.39 is 0 Å². The first-order chi connectivity index (χ1) is 7.68. The van der Waals surface area contributed by atoms with Gasteiger partial charge in [0.15, 0.2) is 0 Å². The summed E-state index contributed by atoms with van der Waals surface area (Å²) in [6.07, 6.45) is 8.61. The Balaban J connectivity index is 2.12. The third kappa shape index (κ3) is 2.35. The van der Waals surface area contributed by atoms with E-state index >= 15 is 0 Å². The topological polar surface area (TPSA) is 64.9 Å². The predicted octanol–water partition coefficient (Wildman–Crippen LogP) is 2.49. The van der Waals surface area contributed by atoms with Crippen LogP contribution in [0.2, 0.25) is 0 Å². The van der Waals surface area contributed by atoms with E-state index in [2.05, 4.69) is 11.9 Å². The van der Waals surface area contributed by atoms with Crippen LogP contribution in [0.3, 0.4) is 0 Å². The van der Waals surface area contributed by atoms with E-state index in [-0.39, 0.29) is 6.04 Å². The molecule has 1 aromatic heterocycles. The van der Waals surface area contributed by atoms with Crippen LogP contribution in [0.15, 0.2) is 18.5 Å². The second kappa shape index (κ2) is 4.83. The van der Waals surface area contributed by atoms with Gasteiger partial charge in [-0.05, 0) is 30.7 Å². The summed E-state index contributed by atoms with van der Waals surface area (Å²) in [6, 6.07) is 1.89. The van der Waals surface area contributed by atoms with E-state index in [0.717, 1.165) is 17.2 Å². The maximum atomic E-state index is 6.31. The summed E-state index contributed by atoms with van der Waals surface area (Å²) >= 11 is 0. The molecule has 1 aliphatic rings. The number of nitrogens with two attached hydrogens (primary N) is 2. The van der Waals surface area contributed by atoms with Crippen molar-refractivity contribution in [3.63, 3.8) is 0 Å². The molecular weight excluding hydrogens is 198 g/mol. The summed E-state index contributed by atoms with van der Waals surface area (Å²) in [6.45, 7) is 2.31. The van der Waals surface area contributed by atoms with Crippen LogP contribution in [0, 0.1) is 11.8 Å². The fourth-order valence-electron chi connectivity index (χ4n) is 2.76. The molecule has 0 spiro atoms. The number of nitrogens with zero attached hydrogens (tertiary/aromatic N) is 1. The summed E-state index contributed by atoms with van der Waals surface area (Å²) in [7, 11) is 0. The number of nitrogen functional groups attached to an aromatic ring is 1.